The van der Waals surface area contributed by atoms with Gasteiger partial charge in [-0.2, -0.15) is 0 Å². The van der Waals surface area contributed by atoms with Gasteiger partial charge in [-0.05, 0) is 55.0 Å². The molecular formula is C17H21NO. The van der Waals surface area contributed by atoms with E-state index in [-0.39, 0.29) is 0 Å². The Kier molecular flexibility index (Phi) is 3.69. The lowest BCUT2D eigenvalue weighted by atomic mass is 10.1. The molecule has 0 saturated carbocycles. The molecular weight excluding hydrogens is 234 g/mol. The molecule has 2 aromatic rings. The molecule has 0 spiro atoms. The molecule has 1 unspecified atom stereocenters. The molecule has 1 aromatic carbocycles. The zero-order chi connectivity index (χ0) is 13.1. The standard InChI is InChI=1S/C17H21NO/c1-13(10-17-6-3-9-19-17)18-12-14-7-8-15-4-2-5-16(15)11-14/h3,6-9,11,13,18H,2,4-5,10,12H2,1H3. The van der Waals surface area contributed by atoms with Crippen LogP contribution < -0.4 is 5.32 Å². The summed E-state index contributed by atoms with van der Waals surface area (Å²) in [6.45, 7) is 3.14. The van der Waals surface area contributed by atoms with Crippen molar-refractivity contribution in [3.63, 3.8) is 0 Å². The largest absolute Gasteiger partial charge is 0.469 e. The second-order valence-corrected chi connectivity index (χ2v) is 5.52. The minimum Gasteiger partial charge on any atom is -0.469 e. The van der Waals surface area contributed by atoms with Crippen molar-refractivity contribution in [3.8, 4) is 0 Å². The molecule has 0 saturated heterocycles. The Morgan fingerprint density at radius 2 is 2.11 bits per heavy atom. The highest BCUT2D eigenvalue weighted by atomic mass is 16.3. The monoisotopic (exact) mass is 255 g/mol. The van der Waals surface area contributed by atoms with E-state index in [4.69, 9.17) is 4.42 Å². The second-order valence-electron chi connectivity index (χ2n) is 5.52. The van der Waals surface area contributed by atoms with Crippen LogP contribution in [0.4, 0.5) is 0 Å². The van der Waals surface area contributed by atoms with E-state index in [2.05, 4.69) is 30.4 Å². The normalized spacial score (nSPS) is 15.4. The summed E-state index contributed by atoms with van der Waals surface area (Å²) in [7, 11) is 0. The molecule has 1 heterocycles. The van der Waals surface area contributed by atoms with Crippen LogP contribution in [0.3, 0.4) is 0 Å². The van der Waals surface area contributed by atoms with Crippen LogP contribution >= 0.6 is 0 Å². The zero-order valence-electron chi connectivity index (χ0n) is 11.5. The van der Waals surface area contributed by atoms with E-state index < -0.39 is 0 Å². The third kappa shape index (κ3) is 3.07. The SMILES string of the molecule is CC(Cc1ccco1)NCc1ccc2c(c1)CCC2. The summed E-state index contributed by atoms with van der Waals surface area (Å²) in [5.74, 6) is 1.05. The number of hydrogen-bond acceptors (Lipinski definition) is 2. The van der Waals surface area contributed by atoms with Crippen LogP contribution in [0, 0.1) is 0 Å². The zero-order valence-corrected chi connectivity index (χ0v) is 11.5. The van der Waals surface area contributed by atoms with Crippen molar-refractivity contribution < 1.29 is 4.42 Å². The predicted octanol–water partition coefficient (Wildman–Crippen LogP) is 3.49. The Morgan fingerprint density at radius 3 is 2.95 bits per heavy atom. The summed E-state index contributed by atoms with van der Waals surface area (Å²) in [6, 6.07) is 11.3. The molecule has 0 amide bonds. The van der Waals surface area contributed by atoms with Crippen molar-refractivity contribution in [3.05, 3.63) is 59.0 Å². The molecule has 1 N–H and O–H groups in total. The van der Waals surface area contributed by atoms with E-state index in [1.165, 1.54) is 24.8 Å². The molecule has 1 aromatic heterocycles. The molecule has 1 aliphatic carbocycles. The molecule has 1 aliphatic rings. The highest BCUT2D eigenvalue weighted by molar-refractivity contribution is 5.35. The Morgan fingerprint density at radius 1 is 1.21 bits per heavy atom. The molecule has 0 radical (unpaired) electrons. The van der Waals surface area contributed by atoms with Crippen LogP contribution in [0.15, 0.2) is 41.0 Å². The second kappa shape index (κ2) is 5.62. The van der Waals surface area contributed by atoms with E-state index in [0.717, 1.165) is 18.7 Å². The summed E-state index contributed by atoms with van der Waals surface area (Å²) in [5, 5.41) is 3.57. The van der Waals surface area contributed by atoms with Gasteiger partial charge in [0.2, 0.25) is 0 Å². The Balaban J connectivity index is 1.54. The summed E-state index contributed by atoms with van der Waals surface area (Å²) in [5.41, 5.74) is 4.50. The van der Waals surface area contributed by atoms with Crippen LogP contribution in [0.1, 0.15) is 35.8 Å². The van der Waals surface area contributed by atoms with E-state index in [1.54, 1.807) is 17.4 Å². The van der Waals surface area contributed by atoms with E-state index in [0.29, 0.717) is 6.04 Å². The Bertz CT molecular complexity index is 530. The Labute approximate surface area is 114 Å². The van der Waals surface area contributed by atoms with Crippen LogP contribution in [0.25, 0.3) is 0 Å². The van der Waals surface area contributed by atoms with Gasteiger partial charge in [0.25, 0.3) is 0 Å². The smallest absolute Gasteiger partial charge is 0.105 e. The fraction of sp³-hybridized carbons (Fsp3) is 0.412. The summed E-state index contributed by atoms with van der Waals surface area (Å²) < 4.78 is 5.38. The fourth-order valence-electron chi connectivity index (χ4n) is 2.83. The number of benzene rings is 1. The van der Waals surface area contributed by atoms with E-state index in [9.17, 15) is 0 Å². The van der Waals surface area contributed by atoms with Crippen molar-refractivity contribution in [1.82, 2.24) is 5.32 Å². The van der Waals surface area contributed by atoms with E-state index >= 15 is 0 Å². The van der Waals surface area contributed by atoms with Gasteiger partial charge >= 0.3 is 0 Å². The van der Waals surface area contributed by atoms with Gasteiger partial charge in [0.1, 0.15) is 5.76 Å². The average molecular weight is 255 g/mol. The third-order valence-electron chi connectivity index (χ3n) is 3.91. The molecule has 0 aliphatic heterocycles. The van der Waals surface area contributed by atoms with Crippen molar-refractivity contribution >= 4 is 0 Å². The van der Waals surface area contributed by atoms with Crippen LogP contribution in [-0.4, -0.2) is 6.04 Å². The van der Waals surface area contributed by atoms with E-state index in [1.807, 2.05) is 12.1 Å². The average Bonchev–Trinajstić information content (AvgIpc) is 3.06. The first kappa shape index (κ1) is 12.5. The molecule has 3 rings (SSSR count). The summed E-state index contributed by atoms with van der Waals surface area (Å²) >= 11 is 0. The van der Waals surface area contributed by atoms with Crippen LogP contribution in [0.5, 0.6) is 0 Å². The summed E-state index contributed by atoms with van der Waals surface area (Å²) in [4.78, 5) is 0. The fourth-order valence-corrected chi connectivity index (χ4v) is 2.83. The van der Waals surface area contributed by atoms with Gasteiger partial charge in [0.05, 0.1) is 6.26 Å². The minimum absolute atomic E-state index is 0.430. The first-order valence-corrected chi connectivity index (χ1v) is 7.18. The van der Waals surface area contributed by atoms with Crippen LogP contribution in [0.2, 0.25) is 0 Å². The number of aryl methyl sites for hydroxylation is 2. The number of nitrogens with one attached hydrogen (secondary N) is 1. The minimum atomic E-state index is 0.430. The predicted molar refractivity (Wildman–Crippen MR) is 77.2 cm³/mol. The molecule has 2 heteroatoms. The van der Waals surface area contributed by atoms with Crippen molar-refractivity contribution in [2.45, 2.75) is 45.2 Å². The molecule has 19 heavy (non-hydrogen) atoms. The maximum absolute atomic E-state index is 5.38. The van der Waals surface area contributed by atoms with Gasteiger partial charge in [0.15, 0.2) is 0 Å². The van der Waals surface area contributed by atoms with Gasteiger partial charge < -0.3 is 9.73 Å². The van der Waals surface area contributed by atoms with Gasteiger partial charge in [-0.3, -0.25) is 0 Å². The van der Waals surface area contributed by atoms with Crippen LogP contribution in [-0.2, 0) is 25.8 Å². The van der Waals surface area contributed by atoms with Crippen molar-refractivity contribution in [2.24, 2.45) is 0 Å². The Hall–Kier alpha value is -1.54. The molecule has 2 nitrogen and oxygen atoms in total. The quantitative estimate of drug-likeness (QED) is 0.884. The molecule has 100 valence electrons. The van der Waals surface area contributed by atoms with Gasteiger partial charge in [0, 0.05) is 19.0 Å². The van der Waals surface area contributed by atoms with Crippen molar-refractivity contribution in [1.29, 1.82) is 0 Å². The number of hydrogen-bond donors (Lipinski definition) is 1. The highest BCUT2D eigenvalue weighted by Crippen LogP contribution is 2.22. The lowest BCUT2D eigenvalue weighted by Gasteiger charge is -2.13. The maximum Gasteiger partial charge on any atom is 0.105 e. The lowest BCUT2D eigenvalue weighted by molar-refractivity contribution is 0.456. The first-order valence-electron chi connectivity index (χ1n) is 7.18. The number of furan rings is 1. The van der Waals surface area contributed by atoms with Gasteiger partial charge in [-0.15, -0.1) is 0 Å². The highest BCUT2D eigenvalue weighted by Gasteiger charge is 2.11. The third-order valence-corrected chi connectivity index (χ3v) is 3.91. The maximum atomic E-state index is 5.38. The topological polar surface area (TPSA) is 25.2 Å². The number of rotatable bonds is 5. The van der Waals surface area contributed by atoms with Crippen molar-refractivity contribution in [2.75, 3.05) is 0 Å². The van der Waals surface area contributed by atoms with Gasteiger partial charge in [-0.1, -0.05) is 18.2 Å². The van der Waals surface area contributed by atoms with Gasteiger partial charge in [-0.25, -0.2) is 0 Å². The molecule has 0 bridgehead atoms. The molecule has 0 fully saturated rings. The molecule has 1 atom stereocenters. The first-order chi connectivity index (χ1) is 9.31. The summed E-state index contributed by atoms with van der Waals surface area (Å²) in [6.07, 6.45) is 6.52. The lowest BCUT2D eigenvalue weighted by Crippen LogP contribution is -2.27. The number of fused-ring (bicyclic) bond motifs is 1.